The van der Waals surface area contributed by atoms with E-state index in [-0.39, 0.29) is 23.4 Å². The number of rotatable bonds is 6. The first-order chi connectivity index (χ1) is 15.2. The predicted molar refractivity (Wildman–Crippen MR) is 103 cm³/mol. The fourth-order valence-electron chi connectivity index (χ4n) is 2.74. The van der Waals surface area contributed by atoms with Crippen LogP contribution in [0.2, 0.25) is 0 Å². The SMILES string of the molecule is COC(=O)c1ccc(C(=O)NCc2ncccc2-c2ccc(OC(F)(F)F)c(F)c2)nc1. The van der Waals surface area contributed by atoms with Crippen LogP contribution >= 0.6 is 0 Å². The Hall–Kier alpha value is -4.02. The van der Waals surface area contributed by atoms with Crippen LogP contribution in [0.3, 0.4) is 0 Å². The van der Waals surface area contributed by atoms with Gasteiger partial charge < -0.3 is 14.8 Å². The van der Waals surface area contributed by atoms with Crippen LogP contribution in [0.25, 0.3) is 11.1 Å². The van der Waals surface area contributed by atoms with Crippen molar-refractivity contribution in [1.29, 1.82) is 0 Å². The van der Waals surface area contributed by atoms with Crippen molar-refractivity contribution in [3.8, 4) is 16.9 Å². The highest BCUT2D eigenvalue weighted by atomic mass is 19.4. The van der Waals surface area contributed by atoms with Gasteiger partial charge in [-0.3, -0.25) is 14.8 Å². The van der Waals surface area contributed by atoms with Crippen molar-refractivity contribution < 1.29 is 36.6 Å². The molecule has 0 spiro atoms. The van der Waals surface area contributed by atoms with E-state index in [2.05, 4.69) is 24.8 Å². The highest BCUT2D eigenvalue weighted by molar-refractivity contribution is 5.94. The molecule has 0 radical (unpaired) electrons. The maximum atomic E-state index is 14.1. The van der Waals surface area contributed by atoms with E-state index in [0.29, 0.717) is 11.3 Å². The zero-order valence-corrected chi connectivity index (χ0v) is 16.4. The second-order valence-corrected chi connectivity index (χ2v) is 6.30. The van der Waals surface area contributed by atoms with E-state index in [1.54, 1.807) is 12.1 Å². The summed E-state index contributed by atoms with van der Waals surface area (Å²) in [5.74, 6) is -3.31. The van der Waals surface area contributed by atoms with Crippen molar-refractivity contribution in [3.63, 3.8) is 0 Å². The number of ether oxygens (including phenoxy) is 2. The molecule has 0 bridgehead atoms. The summed E-state index contributed by atoms with van der Waals surface area (Å²) in [5.41, 5.74) is 1.20. The van der Waals surface area contributed by atoms with E-state index >= 15 is 0 Å². The zero-order valence-electron chi connectivity index (χ0n) is 16.4. The molecule has 0 fully saturated rings. The van der Waals surface area contributed by atoms with Gasteiger partial charge in [0.1, 0.15) is 5.69 Å². The van der Waals surface area contributed by atoms with Crippen LogP contribution in [0.15, 0.2) is 54.9 Å². The van der Waals surface area contributed by atoms with Crippen molar-refractivity contribution in [2.75, 3.05) is 7.11 Å². The van der Waals surface area contributed by atoms with E-state index in [1.807, 2.05) is 0 Å². The second kappa shape index (κ2) is 9.41. The molecule has 1 N–H and O–H groups in total. The minimum Gasteiger partial charge on any atom is -0.465 e. The Balaban J connectivity index is 1.75. The quantitative estimate of drug-likeness (QED) is 0.454. The monoisotopic (exact) mass is 449 g/mol. The van der Waals surface area contributed by atoms with Crippen molar-refractivity contribution >= 4 is 11.9 Å². The van der Waals surface area contributed by atoms with Crippen LogP contribution in [0.1, 0.15) is 26.5 Å². The number of benzene rings is 1. The van der Waals surface area contributed by atoms with Gasteiger partial charge >= 0.3 is 12.3 Å². The summed E-state index contributed by atoms with van der Waals surface area (Å²) < 4.78 is 59.3. The Labute approximate surface area is 179 Å². The lowest BCUT2D eigenvalue weighted by Crippen LogP contribution is -2.24. The van der Waals surface area contributed by atoms with E-state index in [4.69, 9.17) is 0 Å². The van der Waals surface area contributed by atoms with Gasteiger partial charge in [-0.05, 0) is 35.9 Å². The number of esters is 1. The molecule has 3 aromatic rings. The average Bonchev–Trinajstić information content (AvgIpc) is 2.77. The summed E-state index contributed by atoms with van der Waals surface area (Å²) in [6, 6.07) is 8.86. The number of pyridine rings is 2. The summed E-state index contributed by atoms with van der Waals surface area (Å²) in [5, 5.41) is 2.60. The lowest BCUT2D eigenvalue weighted by atomic mass is 10.0. The zero-order chi connectivity index (χ0) is 23.3. The fourth-order valence-corrected chi connectivity index (χ4v) is 2.74. The summed E-state index contributed by atoms with van der Waals surface area (Å²) in [6.45, 7) is -0.0716. The van der Waals surface area contributed by atoms with Crippen LogP contribution in [0, 0.1) is 5.82 Å². The van der Waals surface area contributed by atoms with Crippen LogP contribution in [-0.4, -0.2) is 35.3 Å². The Morgan fingerprint density at radius 3 is 2.50 bits per heavy atom. The number of hydrogen-bond donors (Lipinski definition) is 1. The molecule has 2 heterocycles. The molecule has 0 aliphatic carbocycles. The molecule has 0 saturated carbocycles. The molecule has 11 heteroatoms. The molecule has 3 rings (SSSR count). The summed E-state index contributed by atoms with van der Waals surface area (Å²) >= 11 is 0. The summed E-state index contributed by atoms with van der Waals surface area (Å²) in [4.78, 5) is 31.8. The standard InChI is InChI=1S/C21H15F4N3O4/c1-31-20(30)13-4-6-16(27-10-13)19(29)28-11-17-14(3-2-8-26-17)12-5-7-18(15(22)9-12)32-21(23,24)25/h2-10H,11H2,1H3,(H,28,29). The van der Waals surface area contributed by atoms with Gasteiger partial charge in [-0.1, -0.05) is 12.1 Å². The molecule has 166 valence electrons. The first-order valence-corrected chi connectivity index (χ1v) is 9.00. The molecular formula is C21H15F4N3O4. The molecule has 0 aliphatic heterocycles. The number of alkyl halides is 3. The number of carbonyl (C=O) groups is 2. The van der Waals surface area contributed by atoms with Gasteiger partial charge in [0.05, 0.1) is 24.9 Å². The van der Waals surface area contributed by atoms with Crippen molar-refractivity contribution in [2.45, 2.75) is 12.9 Å². The van der Waals surface area contributed by atoms with Crippen LogP contribution in [0.4, 0.5) is 17.6 Å². The fraction of sp³-hybridized carbons (Fsp3) is 0.143. The minimum absolute atomic E-state index is 0.0369. The summed E-state index contributed by atoms with van der Waals surface area (Å²) in [7, 11) is 1.22. The Bertz CT molecular complexity index is 1130. The van der Waals surface area contributed by atoms with E-state index in [0.717, 1.165) is 12.1 Å². The Kier molecular flexibility index (Phi) is 6.67. The molecule has 0 aliphatic rings. The number of amides is 1. The largest absolute Gasteiger partial charge is 0.573 e. The van der Waals surface area contributed by atoms with Crippen molar-refractivity contribution in [2.24, 2.45) is 0 Å². The maximum Gasteiger partial charge on any atom is 0.573 e. The minimum atomic E-state index is -5.02. The predicted octanol–water partition coefficient (Wildman–Crippen LogP) is 3.90. The van der Waals surface area contributed by atoms with Gasteiger partial charge in [0, 0.05) is 18.0 Å². The molecule has 0 atom stereocenters. The van der Waals surface area contributed by atoms with E-state index in [9.17, 15) is 27.2 Å². The van der Waals surface area contributed by atoms with Gasteiger partial charge in [0.2, 0.25) is 0 Å². The third-order valence-corrected chi connectivity index (χ3v) is 4.19. The number of halogens is 4. The van der Waals surface area contributed by atoms with Crippen LogP contribution in [-0.2, 0) is 11.3 Å². The first-order valence-electron chi connectivity index (χ1n) is 9.00. The third-order valence-electron chi connectivity index (χ3n) is 4.19. The molecule has 32 heavy (non-hydrogen) atoms. The van der Waals surface area contributed by atoms with E-state index < -0.39 is 29.8 Å². The van der Waals surface area contributed by atoms with Crippen molar-refractivity contribution in [1.82, 2.24) is 15.3 Å². The molecule has 7 nitrogen and oxygen atoms in total. The third kappa shape index (κ3) is 5.56. The summed E-state index contributed by atoms with van der Waals surface area (Å²) in [6.07, 6.45) is -2.37. The van der Waals surface area contributed by atoms with Gasteiger partial charge in [-0.15, -0.1) is 13.2 Å². The Morgan fingerprint density at radius 1 is 1.09 bits per heavy atom. The maximum absolute atomic E-state index is 14.1. The molecule has 0 unspecified atom stereocenters. The lowest BCUT2D eigenvalue weighted by molar-refractivity contribution is -0.275. The second-order valence-electron chi connectivity index (χ2n) is 6.30. The van der Waals surface area contributed by atoms with Gasteiger partial charge in [0.15, 0.2) is 11.6 Å². The van der Waals surface area contributed by atoms with Gasteiger partial charge in [-0.25, -0.2) is 9.18 Å². The van der Waals surface area contributed by atoms with Gasteiger partial charge in [-0.2, -0.15) is 0 Å². The molecular weight excluding hydrogens is 434 g/mol. The number of methoxy groups -OCH3 is 1. The van der Waals surface area contributed by atoms with Gasteiger partial charge in [0.25, 0.3) is 5.91 Å². The van der Waals surface area contributed by atoms with Crippen LogP contribution < -0.4 is 10.1 Å². The number of aromatic nitrogens is 2. The molecule has 0 saturated heterocycles. The number of carbonyl (C=O) groups excluding carboxylic acids is 2. The highest BCUT2D eigenvalue weighted by Crippen LogP contribution is 2.30. The smallest absolute Gasteiger partial charge is 0.465 e. The van der Waals surface area contributed by atoms with Crippen molar-refractivity contribution in [3.05, 3.63) is 77.6 Å². The topological polar surface area (TPSA) is 90.4 Å². The first kappa shape index (κ1) is 22.7. The number of hydrogen-bond acceptors (Lipinski definition) is 6. The van der Waals surface area contributed by atoms with Crippen LogP contribution in [0.5, 0.6) is 5.75 Å². The Morgan fingerprint density at radius 2 is 1.88 bits per heavy atom. The molecule has 1 aromatic carbocycles. The highest BCUT2D eigenvalue weighted by Gasteiger charge is 2.32. The normalized spacial score (nSPS) is 11.0. The lowest BCUT2D eigenvalue weighted by Gasteiger charge is -2.13. The number of nitrogens with one attached hydrogen (secondary N) is 1. The average molecular weight is 449 g/mol. The molecule has 1 amide bonds. The number of nitrogens with zero attached hydrogens (tertiary/aromatic N) is 2. The van der Waals surface area contributed by atoms with E-state index in [1.165, 1.54) is 37.7 Å². The molecule has 2 aromatic heterocycles.